The Morgan fingerprint density at radius 3 is 2.94 bits per heavy atom. The second-order valence-electron chi connectivity index (χ2n) is 9.57. The van der Waals surface area contributed by atoms with Crippen molar-refractivity contribution in [1.82, 2.24) is 24.6 Å². The van der Waals surface area contributed by atoms with Crippen molar-refractivity contribution in [1.29, 1.82) is 0 Å². The Bertz CT molecular complexity index is 1470. The SMILES string of the molecule is CN(C)Cc1nc(Nc2ccc(-c3cnc4cc(F)ccn34)c3c2C(=O)NC3)ccc1[C@H]1CCOC1. The van der Waals surface area contributed by atoms with Crippen molar-refractivity contribution in [3.05, 3.63) is 77.0 Å². The quantitative estimate of drug-likeness (QED) is 0.427. The van der Waals surface area contributed by atoms with Crippen molar-refractivity contribution in [2.24, 2.45) is 0 Å². The first-order valence-electron chi connectivity index (χ1n) is 12.0. The summed E-state index contributed by atoms with van der Waals surface area (Å²) in [5.41, 5.74) is 6.60. The zero-order valence-electron chi connectivity index (χ0n) is 20.2. The Labute approximate surface area is 208 Å². The highest BCUT2D eigenvalue weighted by Crippen LogP contribution is 2.36. The van der Waals surface area contributed by atoms with Gasteiger partial charge in [-0.25, -0.2) is 14.4 Å². The molecule has 0 radical (unpaired) electrons. The molecule has 4 aromatic rings. The average molecular weight is 487 g/mol. The normalized spacial score (nSPS) is 17.1. The highest BCUT2D eigenvalue weighted by atomic mass is 19.1. The fraction of sp³-hybridized carbons (Fsp3) is 0.296. The molecule has 1 saturated heterocycles. The van der Waals surface area contributed by atoms with E-state index < -0.39 is 0 Å². The average Bonchev–Trinajstić information content (AvgIpc) is 3.60. The van der Waals surface area contributed by atoms with Crippen molar-refractivity contribution in [2.75, 3.05) is 32.6 Å². The number of imidazole rings is 1. The summed E-state index contributed by atoms with van der Waals surface area (Å²) in [4.78, 5) is 24.3. The number of rotatable bonds is 6. The number of carbonyl (C=O) groups is 1. The number of pyridine rings is 2. The van der Waals surface area contributed by atoms with E-state index in [-0.39, 0.29) is 11.7 Å². The second-order valence-corrected chi connectivity index (χ2v) is 9.57. The fourth-order valence-electron chi connectivity index (χ4n) is 5.14. The number of carbonyl (C=O) groups excluding carboxylic acids is 1. The van der Waals surface area contributed by atoms with Crippen molar-refractivity contribution in [3.8, 4) is 11.3 Å². The molecule has 9 heteroatoms. The monoisotopic (exact) mass is 486 g/mol. The molecule has 2 aliphatic heterocycles. The molecule has 1 aromatic carbocycles. The van der Waals surface area contributed by atoms with E-state index in [1.54, 1.807) is 12.4 Å². The van der Waals surface area contributed by atoms with Crippen LogP contribution in [0, 0.1) is 5.82 Å². The Kier molecular flexibility index (Phi) is 5.66. The van der Waals surface area contributed by atoms with Gasteiger partial charge in [0.1, 0.15) is 17.3 Å². The number of fused-ring (bicyclic) bond motifs is 2. The van der Waals surface area contributed by atoms with E-state index >= 15 is 0 Å². The summed E-state index contributed by atoms with van der Waals surface area (Å²) in [5, 5.41) is 6.33. The van der Waals surface area contributed by atoms with Crippen LogP contribution in [0.25, 0.3) is 16.9 Å². The van der Waals surface area contributed by atoms with E-state index in [4.69, 9.17) is 9.72 Å². The maximum atomic E-state index is 13.7. The first-order chi connectivity index (χ1) is 17.5. The zero-order chi connectivity index (χ0) is 24.8. The minimum absolute atomic E-state index is 0.137. The summed E-state index contributed by atoms with van der Waals surface area (Å²) in [5.74, 6) is 0.570. The van der Waals surface area contributed by atoms with Crippen LogP contribution >= 0.6 is 0 Å². The van der Waals surface area contributed by atoms with E-state index in [0.717, 1.165) is 42.1 Å². The van der Waals surface area contributed by atoms with Crippen molar-refractivity contribution < 1.29 is 13.9 Å². The van der Waals surface area contributed by atoms with Gasteiger partial charge in [0, 0.05) is 43.4 Å². The van der Waals surface area contributed by atoms with Gasteiger partial charge in [0.15, 0.2) is 0 Å². The van der Waals surface area contributed by atoms with Crippen LogP contribution in [-0.2, 0) is 17.8 Å². The zero-order valence-corrected chi connectivity index (χ0v) is 20.2. The first kappa shape index (κ1) is 22.6. The van der Waals surface area contributed by atoms with Crippen molar-refractivity contribution in [3.63, 3.8) is 0 Å². The van der Waals surface area contributed by atoms with Gasteiger partial charge in [-0.2, -0.15) is 0 Å². The Balaban J connectivity index is 1.38. The van der Waals surface area contributed by atoms with E-state index in [0.29, 0.717) is 41.7 Å². The second kappa shape index (κ2) is 9.00. The lowest BCUT2D eigenvalue weighted by atomic mass is 9.96. The molecule has 0 spiro atoms. The maximum absolute atomic E-state index is 13.7. The fourth-order valence-corrected chi connectivity index (χ4v) is 5.14. The third-order valence-corrected chi connectivity index (χ3v) is 6.82. The number of hydrogen-bond donors (Lipinski definition) is 2. The van der Waals surface area contributed by atoms with Gasteiger partial charge in [-0.3, -0.25) is 9.20 Å². The molecule has 0 aliphatic carbocycles. The topological polar surface area (TPSA) is 83.8 Å². The summed E-state index contributed by atoms with van der Waals surface area (Å²) in [6.07, 6.45) is 4.36. The molecule has 0 unspecified atom stereocenters. The van der Waals surface area contributed by atoms with Gasteiger partial charge in [-0.05, 0) is 49.8 Å². The summed E-state index contributed by atoms with van der Waals surface area (Å²) < 4.78 is 21.1. The molecule has 1 amide bonds. The van der Waals surface area contributed by atoms with Gasteiger partial charge >= 0.3 is 0 Å². The van der Waals surface area contributed by atoms with E-state index in [2.05, 4.69) is 26.6 Å². The van der Waals surface area contributed by atoms with Gasteiger partial charge in [0.2, 0.25) is 0 Å². The molecule has 3 aromatic heterocycles. The van der Waals surface area contributed by atoms with Gasteiger partial charge in [0.25, 0.3) is 5.91 Å². The third kappa shape index (κ3) is 4.00. The molecule has 0 saturated carbocycles. The molecule has 36 heavy (non-hydrogen) atoms. The standard InChI is InChI=1S/C27H27FN6O2/c1-33(2)14-22-18(16-8-10-36-15-16)4-6-24(32-22)31-21-5-3-19(20-12-30-27(35)26(20)21)23-13-29-25-11-17(28)7-9-34(23)25/h3-7,9,11,13,16H,8,10,12,14-15H2,1-2H3,(H,30,35)(H,31,32)/t16-/m0/s1. The van der Waals surface area contributed by atoms with E-state index in [1.807, 2.05) is 36.7 Å². The van der Waals surface area contributed by atoms with Crippen LogP contribution in [0.1, 0.15) is 39.5 Å². The number of nitrogens with one attached hydrogen (secondary N) is 2. The van der Waals surface area contributed by atoms with Crippen molar-refractivity contribution in [2.45, 2.75) is 25.4 Å². The molecule has 2 N–H and O–H groups in total. The maximum Gasteiger partial charge on any atom is 0.254 e. The molecular weight excluding hydrogens is 459 g/mol. The third-order valence-electron chi connectivity index (χ3n) is 6.82. The number of anilines is 2. The predicted octanol–water partition coefficient (Wildman–Crippen LogP) is 4.09. The van der Waals surface area contributed by atoms with E-state index in [1.165, 1.54) is 17.7 Å². The molecule has 1 fully saturated rings. The van der Waals surface area contributed by atoms with Gasteiger partial charge < -0.3 is 20.3 Å². The number of benzene rings is 1. The van der Waals surface area contributed by atoms with E-state index in [9.17, 15) is 9.18 Å². The summed E-state index contributed by atoms with van der Waals surface area (Å²) in [7, 11) is 4.06. The molecule has 1 atom stereocenters. The highest BCUT2D eigenvalue weighted by Gasteiger charge is 2.28. The van der Waals surface area contributed by atoms with Crippen LogP contribution < -0.4 is 10.6 Å². The van der Waals surface area contributed by atoms with Crippen molar-refractivity contribution >= 4 is 23.1 Å². The Hall–Kier alpha value is -3.82. The number of ether oxygens (including phenoxy) is 1. The lowest BCUT2D eigenvalue weighted by molar-refractivity contribution is 0.0966. The number of halogens is 1. The molecular formula is C27H27FN6O2. The molecule has 184 valence electrons. The first-order valence-corrected chi connectivity index (χ1v) is 12.0. The Morgan fingerprint density at radius 2 is 2.14 bits per heavy atom. The minimum atomic E-state index is -0.339. The van der Waals surface area contributed by atoms with Gasteiger partial charge in [-0.15, -0.1) is 0 Å². The molecule has 5 heterocycles. The molecule has 6 rings (SSSR count). The largest absolute Gasteiger partial charge is 0.381 e. The predicted molar refractivity (Wildman–Crippen MR) is 135 cm³/mol. The summed E-state index contributed by atoms with van der Waals surface area (Å²) in [6, 6.07) is 10.8. The number of hydrogen-bond acceptors (Lipinski definition) is 6. The van der Waals surface area contributed by atoms with Gasteiger partial charge in [-0.1, -0.05) is 12.1 Å². The number of amides is 1. The highest BCUT2D eigenvalue weighted by molar-refractivity contribution is 6.06. The van der Waals surface area contributed by atoms with Crippen LogP contribution in [0.5, 0.6) is 0 Å². The summed E-state index contributed by atoms with van der Waals surface area (Å²) >= 11 is 0. The van der Waals surface area contributed by atoms with Crippen LogP contribution in [-0.4, -0.2) is 52.5 Å². The smallest absolute Gasteiger partial charge is 0.254 e. The molecule has 8 nitrogen and oxygen atoms in total. The minimum Gasteiger partial charge on any atom is -0.381 e. The number of nitrogens with zero attached hydrogens (tertiary/aromatic N) is 4. The Morgan fingerprint density at radius 1 is 1.25 bits per heavy atom. The van der Waals surface area contributed by atoms with Crippen LogP contribution in [0.2, 0.25) is 0 Å². The van der Waals surface area contributed by atoms with Crippen LogP contribution in [0.15, 0.2) is 48.8 Å². The molecule has 0 bridgehead atoms. The lowest BCUT2D eigenvalue weighted by Gasteiger charge is -2.19. The number of aromatic nitrogens is 3. The van der Waals surface area contributed by atoms with Crippen LogP contribution in [0.4, 0.5) is 15.9 Å². The van der Waals surface area contributed by atoms with Crippen LogP contribution in [0.3, 0.4) is 0 Å². The lowest BCUT2D eigenvalue weighted by Crippen LogP contribution is -2.16. The molecule has 2 aliphatic rings. The summed E-state index contributed by atoms with van der Waals surface area (Å²) in [6.45, 7) is 2.63. The van der Waals surface area contributed by atoms with Gasteiger partial charge in [0.05, 0.1) is 35.4 Å².